The van der Waals surface area contributed by atoms with Crippen LogP contribution in [0.4, 0.5) is 0 Å². The minimum absolute atomic E-state index is 0.147. The van der Waals surface area contributed by atoms with Gasteiger partial charge in [-0.3, -0.25) is 4.79 Å². The molecule has 1 aromatic heterocycles. The van der Waals surface area contributed by atoms with Crippen molar-refractivity contribution < 1.29 is 23.5 Å². The molecule has 0 aliphatic rings. The lowest BCUT2D eigenvalue weighted by molar-refractivity contribution is -0.145. The molecule has 0 aliphatic carbocycles. The van der Waals surface area contributed by atoms with Crippen LogP contribution in [0, 0.1) is 0 Å². The van der Waals surface area contributed by atoms with Crippen LogP contribution < -0.4 is 10.1 Å². The highest BCUT2D eigenvalue weighted by molar-refractivity contribution is 5.94. The first-order valence-corrected chi connectivity index (χ1v) is 7.28. The van der Waals surface area contributed by atoms with Gasteiger partial charge in [-0.2, -0.15) is 0 Å². The Balaban J connectivity index is 2.09. The van der Waals surface area contributed by atoms with Gasteiger partial charge < -0.3 is 19.2 Å². The Labute approximate surface area is 134 Å². The van der Waals surface area contributed by atoms with Crippen molar-refractivity contribution in [1.82, 2.24) is 5.32 Å². The summed E-state index contributed by atoms with van der Waals surface area (Å²) in [6.07, 6.45) is 1.72. The van der Waals surface area contributed by atoms with Gasteiger partial charge in [0, 0.05) is 6.42 Å². The molecule has 0 saturated carbocycles. The van der Waals surface area contributed by atoms with Crippen molar-refractivity contribution in [2.24, 2.45) is 0 Å². The van der Waals surface area contributed by atoms with Crippen LogP contribution in [0.25, 0.3) is 0 Å². The fourth-order valence-corrected chi connectivity index (χ4v) is 2.07. The van der Waals surface area contributed by atoms with Crippen molar-refractivity contribution in [2.75, 3.05) is 13.7 Å². The minimum Gasteiger partial charge on any atom is -0.497 e. The van der Waals surface area contributed by atoms with Crippen molar-refractivity contribution in [3.8, 4) is 5.75 Å². The number of carbonyl (C=O) groups excluding carboxylic acids is 2. The maximum absolute atomic E-state index is 12.1. The molecule has 0 spiro atoms. The van der Waals surface area contributed by atoms with Crippen LogP contribution in [0.3, 0.4) is 0 Å². The third-order valence-electron chi connectivity index (χ3n) is 3.22. The topological polar surface area (TPSA) is 77.8 Å². The van der Waals surface area contributed by atoms with Gasteiger partial charge in [-0.25, -0.2) is 4.79 Å². The Kier molecular flexibility index (Phi) is 5.80. The van der Waals surface area contributed by atoms with Crippen LogP contribution in [0.1, 0.15) is 23.0 Å². The lowest BCUT2D eigenvalue weighted by Gasteiger charge is -2.17. The Bertz CT molecular complexity index is 634. The fourth-order valence-electron chi connectivity index (χ4n) is 2.07. The Morgan fingerprint density at radius 2 is 1.96 bits per heavy atom. The van der Waals surface area contributed by atoms with Gasteiger partial charge in [0.1, 0.15) is 11.8 Å². The zero-order valence-corrected chi connectivity index (χ0v) is 13.1. The van der Waals surface area contributed by atoms with E-state index in [0.29, 0.717) is 6.42 Å². The molecule has 1 atom stereocenters. The number of hydrogen-bond donors (Lipinski definition) is 1. The summed E-state index contributed by atoms with van der Waals surface area (Å²) in [5.74, 6) is -0.0696. The maximum Gasteiger partial charge on any atom is 0.328 e. The van der Waals surface area contributed by atoms with Crippen molar-refractivity contribution in [2.45, 2.75) is 19.4 Å². The molecule has 122 valence electrons. The van der Waals surface area contributed by atoms with Crippen molar-refractivity contribution in [3.05, 3.63) is 54.0 Å². The van der Waals surface area contributed by atoms with Crippen LogP contribution in [-0.2, 0) is 16.0 Å². The van der Waals surface area contributed by atoms with E-state index >= 15 is 0 Å². The quantitative estimate of drug-likeness (QED) is 0.792. The van der Waals surface area contributed by atoms with Gasteiger partial charge in [0.2, 0.25) is 0 Å². The van der Waals surface area contributed by atoms with Gasteiger partial charge in [-0.15, -0.1) is 0 Å². The normalized spacial score (nSPS) is 11.6. The third kappa shape index (κ3) is 4.60. The molecule has 0 unspecified atom stereocenters. The molecule has 0 saturated heterocycles. The summed E-state index contributed by atoms with van der Waals surface area (Å²) >= 11 is 0. The molecule has 0 fully saturated rings. The maximum atomic E-state index is 12.1. The predicted octanol–water partition coefficient (Wildman–Crippen LogP) is 2.19. The second-order valence-electron chi connectivity index (χ2n) is 4.81. The van der Waals surface area contributed by atoms with Gasteiger partial charge in [-0.05, 0) is 36.8 Å². The molecular formula is C17H19NO5. The molecule has 6 heteroatoms. The summed E-state index contributed by atoms with van der Waals surface area (Å²) in [5, 5.41) is 2.64. The van der Waals surface area contributed by atoms with Gasteiger partial charge in [-0.1, -0.05) is 12.1 Å². The molecular weight excluding hydrogens is 298 g/mol. The summed E-state index contributed by atoms with van der Waals surface area (Å²) in [7, 11) is 1.58. The summed E-state index contributed by atoms with van der Waals surface area (Å²) in [5.41, 5.74) is 0.878. The zero-order valence-electron chi connectivity index (χ0n) is 13.1. The van der Waals surface area contributed by atoms with E-state index in [1.807, 2.05) is 12.1 Å². The zero-order chi connectivity index (χ0) is 16.7. The van der Waals surface area contributed by atoms with Crippen LogP contribution >= 0.6 is 0 Å². The highest BCUT2D eigenvalue weighted by Gasteiger charge is 2.24. The van der Waals surface area contributed by atoms with Gasteiger partial charge in [0.15, 0.2) is 5.76 Å². The van der Waals surface area contributed by atoms with Crippen molar-refractivity contribution >= 4 is 11.9 Å². The molecule has 23 heavy (non-hydrogen) atoms. The van der Waals surface area contributed by atoms with E-state index in [2.05, 4.69) is 5.32 Å². The SMILES string of the molecule is CCOC(=O)[C@H](Cc1ccc(OC)cc1)NC(=O)c1ccco1. The number of esters is 1. The summed E-state index contributed by atoms with van der Waals surface area (Å²) in [4.78, 5) is 24.2. The molecule has 0 aliphatic heterocycles. The van der Waals surface area contributed by atoms with E-state index in [1.165, 1.54) is 12.3 Å². The number of nitrogens with one attached hydrogen (secondary N) is 1. The Morgan fingerprint density at radius 3 is 2.52 bits per heavy atom. The number of amides is 1. The Hall–Kier alpha value is -2.76. The van der Waals surface area contributed by atoms with E-state index in [1.54, 1.807) is 32.2 Å². The molecule has 1 N–H and O–H groups in total. The average molecular weight is 317 g/mol. The number of hydrogen-bond acceptors (Lipinski definition) is 5. The molecule has 2 aromatic rings. The molecule has 0 bridgehead atoms. The van der Waals surface area contributed by atoms with Gasteiger partial charge in [0.25, 0.3) is 5.91 Å². The van der Waals surface area contributed by atoms with Crippen molar-refractivity contribution in [1.29, 1.82) is 0 Å². The van der Waals surface area contributed by atoms with E-state index < -0.39 is 17.9 Å². The average Bonchev–Trinajstić information content (AvgIpc) is 3.09. The van der Waals surface area contributed by atoms with Crippen LogP contribution in [0.2, 0.25) is 0 Å². The van der Waals surface area contributed by atoms with E-state index in [-0.39, 0.29) is 12.4 Å². The van der Waals surface area contributed by atoms with E-state index in [9.17, 15) is 9.59 Å². The van der Waals surface area contributed by atoms with Gasteiger partial charge in [0.05, 0.1) is 20.0 Å². The first-order chi connectivity index (χ1) is 11.1. The number of benzene rings is 1. The van der Waals surface area contributed by atoms with Crippen LogP contribution in [0.5, 0.6) is 5.75 Å². The second kappa shape index (κ2) is 8.03. The van der Waals surface area contributed by atoms with Gasteiger partial charge >= 0.3 is 5.97 Å². The van der Waals surface area contributed by atoms with E-state index in [0.717, 1.165) is 11.3 Å². The Morgan fingerprint density at radius 1 is 1.22 bits per heavy atom. The largest absolute Gasteiger partial charge is 0.497 e. The van der Waals surface area contributed by atoms with E-state index in [4.69, 9.17) is 13.9 Å². The standard InChI is InChI=1S/C17H19NO5/c1-3-22-17(20)14(18-16(19)15-5-4-10-23-15)11-12-6-8-13(21-2)9-7-12/h4-10,14H,3,11H2,1-2H3,(H,18,19)/t14-/m0/s1. The third-order valence-corrected chi connectivity index (χ3v) is 3.22. The highest BCUT2D eigenvalue weighted by Crippen LogP contribution is 2.13. The first kappa shape index (κ1) is 16.6. The number of carbonyl (C=O) groups is 2. The molecule has 0 radical (unpaired) electrons. The fraction of sp³-hybridized carbons (Fsp3) is 0.294. The summed E-state index contributed by atoms with van der Waals surface area (Å²) in [6.45, 7) is 1.96. The molecule has 1 amide bonds. The predicted molar refractivity (Wildman–Crippen MR) is 83.3 cm³/mol. The summed E-state index contributed by atoms with van der Waals surface area (Å²) in [6, 6.07) is 9.62. The smallest absolute Gasteiger partial charge is 0.328 e. The second-order valence-corrected chi connectivity index (χ2v) is 4.81. The lowest BCUT2D eigenvalue weighted by Crippen LogP contribution is -2.43. The molecule has 1 heterocycles. The number of rotatable bonds is 7. The highest BCUT2D eigenvalue weighted by atomic mass is 16.5. The minimum atomic E-state index is -0.791. The number of furan rings is 1. The van der Waals surface area contributed by atoms with Crippen molar-refractivity contribution in [3.63, 3.8) is 0 Å². The lowest BCUT2D eigenvalue weighted by atomic mass is 10.1. The monoisotopic (exact) mass is 317 g/mol. The van der Waals surface area contributed by atoms with Crippen LogP contribution in [0.15, 0.2) is 47.1 Å². The number of ether oxygens (including phenoxy) is 2. The molecule has 1 aromatic carbocycles. The molecule has 6 nitrogen and oxygen atoms in total. The summed E-state index contributed by atoms with van der Waals surface area (Å²) < 4.78 is 15.2. The first-order valence-electron chi connectivity index (χ1n) is 7.28. The molecule has 2 rings (SSSR count). The van der Waals surface area contributed by atoms with Crippen LogP contribution in [-0.4, -0.2) is 31.6 Å². The number of methoxy groups -OCH3 is 1.